The Labute approximate surface area is 191 Å². The zero-order chi connectivity index (χ0) is 22.6. The third-order valence-corrected chi connectivity index (χ3v) is 7.37. The van der Waals surface area contributed by atoms with E-state index in [4.69, 9.17) is 16.1 Å². The molecule has 1 amide bonds. The summed E-state index contributed by atoms with van der Waals surface area (Å²) in [4.78, 5) is 16.8. The van der Waals surface area contributed by atoms with Crippen molar-refractivity contribution in [3.05, 3.63) is 59.4 Å². The van der Waals surface area contributed by atoms with Crippen molar-refractivity contribution < 1.29 is 17.7 Å². The van der Waals surface area contributed by atoms with Crippen LogP contribution in [0.1, 0.15) is 31.6 Å². The average molecular weight is 475 g/mol. The summed E-state index contributed by atoms with van der Waals surface area (Å²) in [5.74, 6) is 0.766. The highest BCUT2D eigenvalue weighted by molar-refractivity contribution is 7.89. The fourth-order valence-corrected chi connectivity index (χ4v) is 5.13. The van der Waals surface area contributed by atoms with Crippen LogP contribution in [0.3, 0.4) is 0 Å². The molecule has 0 spiro atoms. The Hall–Kier alpha value is -2.75. The van der Waals surface area contributed by atoms with Crippen molar-refractivity contribution in [2.75, 3.05) is 18.4 Å². The van der Waals surface area contributed by atoms with E-state index >= 15 is 0 Å². The van der Waals surface area contributed by atoms with Crippen LogP contribution in [0, 0.1) is 0 Å². The van der Waals surface area contributed by atoms with Gasteiger partial charge in [0.05, 0.1) is 4.90 Å². The van der Waals surface area contributed by atoms with Gasteiger partial charge in [0.1, 0.15) is 0 Å². The number of benzene rings is 2. The second kappa shape index (κ2) is 9.81. The molecule has 1 fully saturated rings. The minimum Gasteiger partial charge on any atom is -0.339 e. The predicted molar refractivity (Wildman–Crippen MR) is 121 cm³/mol. The number of halogens is 1. The second-order valence-electron chi connectivity index (χ2n) is 7.56. The van der Waals surface area contributed by atoms with Gasteiger partial charge in [0.2, 0.25) is 27.6 Å². The standard InChI is InChI=1S/C22H23ClN4O4S/c23-17-8-6-16(7-9-17)22-25-21(31-26-22)5-3-4-20(28)24-18-10-12-19(13-11-18)32(29,30)27-14-1-2-15-27/h6-13H,1-5,14-15H2,(H,24,28). The smallest absolute Gasteiger partial charge is 0.243 e. The van der Waals surface area contributed by atoms with E-state index in [1.54, 1.807) is 24.3 Å². The summed E-state index contributed by atoms with van der Waals surface area (Å²) in [6.07, 6.45) is 3.06. The number of nitrogens with zero attached hydrogens (tertiary/aromatic N) is 3. The maximum atomic E-state index is 12.6. The molecule has 10 heteroatoms. The summed E-state index contributed by atoms with van der Waals surface area (Å²) >= 11 is 5.88. The second-order valence-corrected chi connectivity index (χ2v) is 9.93. The fourth-order valence-electron chi connectivity index (χ4n) is 3.48. The molecule has 1 N–H and O–H groups in total. The quantitative estimate of drug-likeness (QED) is 0.526. The van der Waals surface area contributed by atoms with Gasteiger partial charge >= 0.3 is 0 Å². The molecule has 2 aromatic carbocycles. The topological polar surface area (TPSA) is 105 Å². The van der Waals surface area contributed by atoms with Crippen molar-refractivity contribution in [1.82, 2.24) is 14.4 Å². The summed E-state index contributed by atoms with van der Waals surface area (Å²) in [5.41, 5.74) is 1.36. The van der Waals surface area contributed by atoms with Crippen LogP contribution < -0.4 is 5.32 Å². The zero-order valence-corrected chi connectivity index (χ0v) is 18.9. The molecule has 0 unspecified atom stereocenters. The van der Waals surface area contributed by atoms with Crippen LogP contribution in [-0.4, -0.2) is 41.9 Å². The first-order valence-corrected chi connectivity index (χ1v) is 12.2. The molecule has 1 aromatic heterocycles. The minimum absolute atomic E-state index is 0.169. The molecule has 1 saturated heterocycles. The molecule has 3 aromatic rings. The van der Waals surface area contributed by atoms with Crippen molar-refractivity contribution in [2.45, 2.75) is 37.0 Å². The SMILES string of the molecule is O=C(CCCc1nc(-c2ccc(Cl)cc2)no1)Nc1ccc(S(=O)(=O)N2CCCC2)cc1. The van der Waals surface area contributed by atoms with Gasteiger partial charge in [0.25, 0.3) is 0 Å². The van der Waals surface area contributed by atoms with Gasteiger partial charge in [0.15, 0.2) is 0 Å². The van der Waals surface area contributed by atoms with Crippen LogP contribution in [0.2, 0.25) is 5.02 Å². The number of anilines is 1. The Morgan fingerprint density at radius 3 is 2.44 bits per heavy atom. The summed E-state index contributed by atoms with van der Waals surface area (Å²) in [6.45, 7) is 1.12. The lowest BCUT2D eigenvalue weighted by Gasteiger charge is -2.15. The largest absolute Gasteiger partial charge is 0.339 e. The van der Waals surface area contributed by atoms with E-state index in [1.165, 1.54) is 16.4 Å². The first-order chi connectivity index (χ1) is 15.4. The highest BCUT2D eigenvalue weighted by Crippen LogP contribution is 2.22. The molecule has 0 radical (unpaired) electrons. The molecular weight excluding hydrogens is 452 g/mol. The molecule has 0 aliphatic carbocycles. The lowest BCUT2D eigenvalue weighted by molar-refractivity contribution is -0.116. The van der Waals surface area contributed by atoms with Crippen molar-refractivity contribution in [2.24, 2.45) is 0 Å². The highest BCUT2D eigenvalue weighted by Gasteiger charge is 2.26. The minimum atomic E-state index is -3.46. The fraction of sp³-hybridized carbons (Fsp3) is 0.318. The molecule has 2 heterocycles. The number of amides is 1. The van der Waals surface area contributed by atoms with E-state index in [-0.39, 0.29) is 17.2 Å². The Bertz CT molecular complexity index is 1170. The van der Waals surface area contributed by atoms with E-state index in [9.17, 15) is 13.2 Å². The van der Waals surface area contributed by atoms with E-state index < -0.39 is 10.0 Å². The van der Waals surface area contributed by atoms with Gasteiger partial charge in [0, 0.05) is 42.2 Å². The van der Waals surface area contributed by atoms with Crippen LogP contribution in [-0.2, 0) is 21.2 Å². The summed E-state index contributed by atoms with van der Waals surface area (Å²) in [7, 11) is -3.46. The van der Waals surface area contributed by atoms with Gasteiger partial charge < -0.3 is 9.84 Å². The van der Waals surface area contributed by atoms with Crippen LogP contribution in [0.5, 0.6) is 0 Å². The number of aryl methyl sites for hydroxylation is 1. The van der Waals surface area contributed by atoms with Gasteiger partial charge in [-0.2, -0.15) is 9.29 Å². The summed E-state index contributed by atoms with van der Waals surface area (Å²) in [6, 6.07) is 13.4. The molecule has 8 nitrogen and oxygen atoms in total. The van der Waals surface area contributed by atoms with E-state index in [2.05, 4.69) is 15.5 Å². The molecule has 32 heavy (non-hydrogen) atoms. The number of sulfonamides is 1. The Balaban J connectivity index is 1.26. The highest BCUT2D eigenvalue weighted by atomic mass is 35.5. The first-order valence-electron chi connectivity index (χ1n) is 10.4. The molecule has 1 aliphatic rings. The molecular formula is C22H23ClN4O4S. The predicted octanol–water partition coefficient (Wildman–Crippen LogP) is 4.14. The van der Waals surface area contributed by atoms with Crippen LogP contribution in [0.15, 0.2) is 57.9 Å². The van der Waals surface area contributed by atoms with Crippen LogP contribution in [0.25, 0.3) is 11.4 Å². The lowest BCUT2D eigenvalue weighted by Crippen LogP contribution is -2.27. The molecule has 0 saturated carbocycles. The number of carbonyl (C=O) groups excluding carboxylic acids is 1. The molecule has 4 rings (SSSR count). The molecule has 168 valence electrons. The summed E-state index contributed by atoms with van der Waals surface area (Å²) < 4.78 is 31.9. The lowest BCUT2D eigenvalue weighted by atomic mass is 10.2. The van der Waals surface area contributed by atoms with E-state index in [0.717, 1.165) is 18.4 Å². The third kappa shape index (κ3) is 5.35. The first kappa shape index (κ1) is 22.4. The van der Waals surface area contributed by atoms with E-state index in [0.29, 0.717) is 48.4 Å². The Kier molecular flexibility index (Phi) is 6.88. The number of rotatable bonds is 8. The number of aromatic nitrogens is 2. The van der Waals surface area contributed by atoms with Crippen molar-refractivity contribution in [3.63, 3.8) is 0 Å². The van der Waals surface area contributed by atoms with E-state index in [1.807, 2.05) is 12.1 Å². The number of hydrogen-bond acceptors (Lipinski definition) is 6. The van der Waals surface area contributed by atoms with Gasteiger partial charge in [-0.1, -0.05) is 16.8 Å². The van der Waals surface area contributed by atoms with Crippen molar-refractivity contribution in [3.8, 4) is 11.4 Å². The number of carbonyl (C=O) groups is 1. The van der Waals surface area contributed by atoms with Gasteiger partial charge in [-0.15, -0.1) is 0 Å². The third-order valence-electron chi connectivity index (χ3n) is 5.21. The maximum Gasteiger partial charge on any atom is 0.243 e. The molecule has 0 atom stereocenters. The van der Waals surface area contributed by atoms with Gasteiger partial charge in [-0.25, -0.2) is 8.42 Å². The van der Waals surface area contributed by atoms with Crippen molar-refractivity contribution >= 4 is 33.2 Å². The van der Waals surface area contributed by atoms with Gasteiger partial charge in [-0.05, 0) is 67.8 Å². The van der Waals surface area contributed by atoms with Crippen LogP contribution >= 0.6 is 11.6 Å². The zero-order valence-electron chi connectivity index (χ0n) is 17.3. The maximum absolute atomic E-state index is 12.6. The Morgan fingerprint density at radius 2 is 1.75 bits per heavy atom. The average Bonchev–Trinajstić information content (AvgIpc) is 3.48. The number of hydrogen-bond donors (Lipinski definition) is 1. The van der Waals surface area contributed by atoms with Crippen LogP contribution in [0.4, 0.5) is 5.69 Å². The normalized spacial score (nSPS) is 14.5. The summed E-state index contributed by atoms with van der Waals surface area (Å²) in [5, 5.41) is 7.37. The molecule has 0 bridgehead atoms. The Morgan fingerprint density at radius 1 is 1.06 bits per heavy atom. The number of nitrogens with one attached hydrogen (secondary N) is 1. The molecule has 1 aliphatic heterocycles. The van der Waals surface area contributed by atoms with Crippen molar-refractivity contribution in [1.29, 1.82) is 0 Å². The van der Waals surface area contributed by atoms with Gasteiger partial charge in [-0.3, -0.25) is 4.79 Å². The monoisotopic (exact) mass is 474 g/mol.